The molecule has 0 atom stereocenters. The number of aliphatic hydroxyl groups is 1. The zero-order valence-corrected chi connectivity index (χ0v) is 14.2. The van der Waals surface area contributed by atoms with E-state index >= 15 is 0 Å². The summed E-state index contributed by atoms with van der Waals surface area (Å²) in [5.74, 6) is 0.385. The summed E-state index contributed by atoms with van der Waals surface area (Å²) >= 11 is 5.98. The third-order valence-corrected chi connectivity index (χ3v) is 3.78. The van der Waals surface area contributed by atoms with E-state index in [2.05, 4.69) is 10.6 Å². The molecule has 6 heteroatoms. The Hall–Kier alpha value is -1.66. The third-order valence-electron chi connectivity index (χ3n) is 3.43. The molecule has 0 bridgehead atoms. The fourth-order valence-corrected chi connectivity index (χ4v) is 2.34. The summed E-state index contributed by atoms with van der Waals surface area (Å²) in [6.07, 6.45) is 0. The Morgan fingerprint density at radius 1 is 1.00 bits per heavy atom. The van der Waals surface area contributed by atoms with Gasteiger partial charge in [-0.1, -0.05) is 29.8 Å². The van der Waals surface area contributed by atoms with E-state index in [4.69, 9.17) is 21.4 Å². The molecule has 130 valence electrons. The standard InChI is InChI=1S/C18H22ClFN2O2/c19-18-11-16(20)4-3-15(18)13-24-17-5-1-14(2-6-17)12-22-8-7-21-9-10-23/h1-6,11,21-23H,7-10,12-13H2. The zero-order chi connectivity index (χ0) is 17.2. The molecule has 0 aliphatic rings. The van der Waals surface area contributed by atoms with E-state index in [0.29, 0.717) is 18.2 Å². The Balaban J connectivity index is 1.73. The van der Waals surface area contributed by atoms with E-state index in [-0.39, 0.29) is 12.4 Å². The SMILES string of the molecule is OCCNCCNCc1ccc(OCc2ccc(F)cc2Cl)cc1. The van der Waals surface area contributed by atoms with Crippen molar-refractivity contribution in [1.82, 2.24) is 10.6 Å². The van der Waals surface area contributed by atoms with Gasteiger partial charge in [-0.2, -0.15) is 0 Å². The number of hydrogen-bond donors (Lipinski definition) is 3. The van der Waals surface area contributed by atoms with Gasteiger partial charge in [0.25, 0.3) is 0 Å². The number of aliphatic hydroxyl groups excluding tert-OH is 1. The van der Waals surface area contributed by atoms with Gasteiger partial charge >= 0.3 is 0 Å². The first-order valence-corrected chi connectivity index (χ1v) is 8.25. The summed E-state index contributed by atoms with van der Waals surface area (Å²) < 4.78 is 18.7. The molecule has 0 unspecified atom stereocenters. The Bertz CT molecular complexity index is 623. The van der Waals surface area contributed by atoms with E-state index in [9.17, 15) is 4.39 Å². The molecular weight excluding hydrogens is 331 g/mol. The van der Waals surface area contributed by atoms with E-state index in [0.717, 1.165) is 36.5 Å². The molecule has 2 aromatic carbocycles. The minimum Gasteiger partial charge on any atom is -0.489 e. The molecule has 0 amide bonds. The van der Waals surface area contributed by atoms with Gasteiger partial charge in [0.05, 0.1) is 11.6 Å². The van der Waals surface area contributed by atoms with Gasteiger partial charge in [-0.25, -0.2) is 4.39 Å². The molecule has 0 aromatic heterocycles. The van der Waals surface area contributed by atoms with Crippen molar-refractivity contribution in [3.05, 3.63) is 64.4 Å². The molecule has 0 radical (unpaired) electrons. The average Bonchev–Trinajstić information content (AvgIpc) is 2.58. The van der Waals surface area contributed by atoms with Crippen molar-refractivity contribution in [1.29, 1.82) is 0 Å². The normalized spacial score (nSPS) is 10.8. The van der Waals surface area contributed by atoms with Gasteiger partial charge in [-0.15, -0.1) is 0 Å². The van der Waals surface area contributed by atoms with Crippen LogP contribution in [0.2, 0.25) is 5.02 Å². The molecule has 0 saturated carbocycles. The molecule has 0 spiro atoms. The summed E-state index contributed by atoms with van der Waals surface area (Å²) in [4.78, 5) is 0. The second-order valence-electron chi connectivity index (χ2n) is 5.32. The Morgan fingerprint density at radius 3 is 2.46 bits per heavy atom. The van der Waals surface area contributed by atoms with Crippen molar-refractivity contribution >= 4 is 11.6 Å². The molecule has 2 rings (SSSR count). The first-order valence-electron chi connectivity index (χ1n) is 7.87. The van der Waals surface area contributed by atoms with E-state index in [1.165, 1.54) is 12.1 Å². The lowest BCUT2D eigenvalue weighted by molar-refractivity contribution is 0.292. The number of nitrogens with one attached hydrogen (secondary N) is 2. The summed E-state index contributed by atoms with van der Waals surface area (Å²) in [5, 5.41) is 15.4. The zero-order valence-electron chi connectivity index (χ0n) is 13.4. The van der Waals surface area contributed by atoms with Crippen LogP contribution in [-0.4, -0.2) is 31.3 Å². The van der Waals surface area contributed by atoms with Gasteiger partial charge in [0.2, 0.25) is 0 Å². The number of rotatable bonds is 10. The smallest absolute Gasteiger partial charge is 0.124 e. The Labute approximate surface area is 146 Å². The van der Waals surface area contributed by atoms with Gasteiger partial charge in [-0.3, -0.25) is 0 Å². The lowest BCUT2D eigenvalue weighted by Crippen LogP contribution is -2.28. The molecule has 0 heterocycles. The molecule has 2 aromatic rings. The highest BCUT2D eigenvalue weighted by molar-refractivity contribution is 6.31. The fourth-order valence-electron chi connectivity index (χ4n) is 2.12. The van der Waals surface area contributed by atoms with Crippen molar-refractivity contribution in [2.24, 2.45) is 0 Å². The van der Waals surface area contributed by atoms with Crippen LogP contribution in [0.3, 0.4) is 0 Å². The first-order chi connectivity index (χ1) is 11.7. The third kappa shape index (κ3) is 6.45. The maximum absolute atomic E-state index is 13.0. The van der Waals surface area contributed by atoms with Crippen LogP contribution in [0.1, 0.15) is 11.1 Å². The monoisotopic (exact) mass is 352 g/mol. The molecule has 24 heavy (non-hydrogen) atoms. The molecule has 0 fully saturated rings. The first kappa shape index (κ1) is 18.7. The molecule has 3 N–H and O–H groups in total. The number of benzene rings is 2. The van der Waals surface area contributed by atoms with Crippen LogP contribution in [0, 0.1) is 5.82 Å². The summed E-state index contributed by atoms with van der Waals surface area (Å²) in [7, 11) is 0. The average molecular weight is 353 g/mol. The highest BCUT2D eigenvalue weighted by atomic mass is 35.5. The summed E-state index contributed by atoms with van der Waals surface area (Å²) in [6.45, 7) is 3.50. The molecule has 0 saturated heterocycles. The summed E-state index contributed by atoms with van der Waals surface area (Å²) in [6, 6.07) is 12.1. The Kier molecular flexibility index (Phi) is 7.98. The maximum atomic E-state index is 13.0. The molecular formula is C18H22ClFN2O2. The second-order valence-corrected chi connectivity index (χ2v) is 5.73. The Morgan fingerprint density at radius 2 is 1.75 bits per heavy atom. The lowest BCUT2D eigenvalue weighted by Gasteiger charge is -2.09. The van der Waals surface area contributed by atoms with Crippen molar-refractivity contribution in [2.75, 3.05) is 26.2 Å². The molecule has 0 aliphatic heterocycles. The predicted molar refractivity (Wildman–Crippen MR) is 93.8 cm³/mol. The largest absolute Gasteiger partial charge is 0.489 e. The maximum Gasteiger partial charge on any atom is 0.124 e. The van der Waals surface area contributed by atoms with Crippen molar-refractivity contribution in [3.8, 4) is 5.75 Å². The van der Waals surface area contributed by atoms with Crippen LogP contribution < -0.4 is 15.4 Å². The summed E-state index contributed by atoms with van der Waals surface area (Å²) in [5.41, 5.74) is 1.91. The van der Waals surface area contributed by atoms with E-state index in [1.807, 2.05) is 24.3 Å². The van der Waals surface area contributed by atoms with Gasteiger partial charge in [0.15, 0.2) is 0 Å². The number of halogens is 2. The highest BCUT2D eigenvalue weighted by Gasteiger charge is 2.03. The van der Waals surface area contributed by atoms with Crippen molar-refractivity contribution < 1.29 is 14.2 Å². The number of hydrogen-bond acceptors (Lipinski definition) is 4. The van der Waals surface area contributed by atoms with Crippen LogP contribution in [-0.2, 0) is 13.2 Å². The van der Waals surface area contributed by atoms with Crippen LogP contribution in [0.15, 0.2) is 42.5 Å². The van der Waals surface area contributed by atoms with Crippen molar-refractivity contribution in [3.63, 3.8) is 0 Å². The second kappa shape index (κ2) is 10.3. The predicted octanol–water partition coefficient (Wildman–Crippen LogP) is 2.73. The topological polar surface area (TPSA) is 53.5 Å². The number of ether oxygens (including phenoxy) is 1. The van der Waals surface area contributed by atoms with Crippen LogP contribution in [0.25, 0.3) is 0 Å². The quantitative estimate of drug-likeness (QED) is 0.575. The van der Waals surface area contributed by atoms with Crippen LogP contribution >= 0.6 is 11.6 Å². The molecule has 4 nitrogen and oxygen atoms in total. The molecule has 0 aliphatic carbocycles. The van der Waals surface area contributed by atoms with Gasteiger partial charge < -0.3 is 20.5 Å². The van der Waals surface area contributed by atoms with Gasteiger partial charge in [0.1, 0.15) is 18.2 Å². The van der Waals surface area contributed by atoms with E-state index in [1.54, 1.807) is 6.07 Å². The lowest BCUT2D eigenvalue weighted by atomic mass is 10.2. The van der Waals surface area contributed by atoms with Crippen LogP contribution in [0.5, 0.6) is 5.75 Å². The minimum absolute atomic E-state index is 0.157. The van der Waals surface area contributed by atoms with E-state index < -0.39 is 0 Å². The fraction of sp³-hybridized carbons (Fsp3) is 0.333. The highest BCUT2D eigenvalue weighted by Crippen LogP contribution is 2.20. The van der Waals surface area contributed by atoms with Gasteiger partial charge in [0, 0.05) is 31.7 Å². The van der Waals surface area contributed by atoms with Crippen molar-refractivity contribution in [2.45, 2.75) is 13.2 Å². The minimum atomic E-state index is -0.354. The van der Waals surface area contributed by atoms with Crippen LogP contribution in [0.4, 0.5) is 4.39 Å². The van der Waals surface area contributed by atoms with Gasteiger partial charge in [-0.05, 0) is 29.8 Å².